The summed E-state index contributed by atoms with van der Waals surface area (Å²) in [4.78, 5) is 15.0. The second kappa shape index (κ2) is 6.48. The van der Waals surface area contributed by atoms with Crippen LogP contribution in [0.1, 0.15) is 16.7 Å². The Labute approximate surface area is 150 Å². The van der Waals surface area contributed by atoms with Crippen LogP contribution in [0.15, 0.2) is 47.4 Å². The van der Waals surface area contributed by atoms with E-state index < -0.39 is 0 Å². The minimum Gasteiger partial charge on any atom is -0.268 e. The van der Waals surface area contributed by atoms with Crippen molar-refractivity contribution in [2.75, 3.05) is 4.90 Å². The number of amides is 1. The lowest BCUT2D eigenvalue weighted by molar-refractivity contribution is -0.113. The van der Waals surface area contributed by atoms with Crippen LogP contribution in [0.25, 0.3) is 6.08 Å². The highest BCUT2D eigenvalue weighted by Crippen LogP contribution is 2.38. The lowest BCUT2D eigenvalue weighted by Gasteiger charge is -2.17. The van der Waals surface area contributed by atoms with Crippen LogP contribution in [0.3, 0.4) is 0 Å². The predicted molar refractivity (Wildman–Crippen MR) is 103 cm³/mol. The molecule has 0 saturated carbocycles. The first-order valence-electron chi connectivity index (χ1n) is 7.07. The lowest BCUT2D eigenvalue weighted by atomic mass is 10.1. The molecule has 0 N–H and O–H groups in total. The van der Waals surface area contributed by atoms with Crippen molar-refractivity contribution in [1.82, 2.24) is 0 Å². The van der Waals surface area contributed by atoms with Gasteiger partial charge in [-0.15, -0.1) is 0 Å². The predicted octanol–water partition coefficient (Wildman–Crippen LogP) is 5.36. The van der Waals surface area contributed by atoms with Crippen molar-refractivity contribution in [3.63, 3.8) is 0 Å². The van der Waals surface area contributed by atoms with Gasteiger partial charge in [0.1, 0.15) is 0 Å². The summed E-state index contributed by atoms with van der Waals surface area (Å²) in [5.41, 5.74) is 3.77. The molecule has 5 heteroatoms. The molecule has 0 unspecified atom stereocenters. The minimum absolute atomic E-state index is 0.103. The van der Waals surface area contributed by atoms with E-state index in [0.717, 1.165) is 22.4 Å². The topological polar surface area (TPSA) is 20.3 Å². The van der Waals surface area contributed by atoms with Gasteiger partial charge in [0, 0.05) is 5.02 Å². The second-order valence-corrected chi connectivity index (χ2v) is 7.41. The van der Waals surface area contributed by atoms with Crippen molar-refractivity contribution < 1.29 is 4.79 Å². The van der Waals surface area contributed by atoms with Crippen molar-refractivity contribution in [2.24, 2.45) is 0 Å². The summed E-state index contributed by atoms with van der Waals surface area (Å²) >= 11 is 12.9. The fraction of sp³-hybridized carbons (Fsp3) is 0.111. The average Bonchev–Trinajstić information content (AvgIpc) is 2.79. The second-order valence-electron chi connectivity index (χ2n) is 5.33. The zero-order valence-electron chi connectivity index (χ0n) is 12.7. The number of carbonyl (C=O) groups is 1. The molecule has 1 amide bonds. The van der Waals surface area contributed by atoms with Gasteiger partial charge in [-0.2, -0.15) is 0 Å². The maximum Gasteiger partial charge on any atom is 0.270 e. The number of anilines is 1. The molecular weight excluding hydrogens is 346 g/mol. The van der Waals surface area contributed by atoms with E-state index in [2.05, 4.69) is 0 Å². The number of thiocarbonyl (C=S) groups is 1. The molecular formula is C18H14ClNOS2. The van der Waals surface area contributed by atoms with E-state index in [9.17, 15) is 4.79 Å². The van der Waals surface area contributed by atoms with Gasteiger partial charge in [-0.05, 0) is 48.7 Å². The van der Waals surface area contributed by atoms with E-state index in [1.807, 2.05) is 50.2 Å². The molecule has 1 fully saturated rings. The minimum atomic E-state index is -0.103. The molecule has 0 radical (unpaired) electrons. The van der Waals surface area contributed by atoms with E-state index in [1.165, 1.54) is 11.8 Å². The normalized spacial score (nSPS) is 16.5. The van der Waals surface area contributed by atoms with Crippen molar-refractivity contribution in [1.29, 1.82) is 0 Å². The first kappa shape index (κ1) is 16.2. The zero-order valence-corrected chi connectivity index (χ0v) is 15.1. The third-order valence-electron chi connectivity index (χ3n) is 3.59. The first-order valence-corrected chi connectivity index (χ1v) is 8.67. The number of rotatable bonds is 2. The van der Waals surface area contributed by atoms with E-state index >= 15 is 0 Å². The summed E-state index contributed by atoms with van der Waals surface area (Å²) < 4.78 is 0.544. The number of nitrogens with zero attached hydrogens (tertiary/aromatic N) is 1. The van der Waals surface area contributed by atoms with Crippen LogP contribution in [-0.2, 0) is 4.79 Å². The summed E-state index contributed by atoms with van der Waals surface area (Å²) in [5.74, 6) is -0.103. The zero-order chi connectivity index (χ0) is 16.6. The standard InChI is InChI=1S/C18H14ClNOS2/c1-11-7-8-12(2)15(9-11)20-17(21)16(23-18(20)22)10-13-5-3-4-6-14(13)19/h3-10H,1-2H3/b16-10-. The lowest BCUT2D eigenvalue weighted by Crippen LogP contribution is -2.28. The van der Waals surface area contributed by atoms with Crippen LogP contribution in [-0.4, -0.2) is 10.2 Å². The van der Waals surface area contributed by atoms with E-state index in [1.54, 1.807) is 17.0 Å². The number of thioether (sulfide) groups is 1. The fourth-order valence-electron chi connectivity index (χ4n) is 2.37. The van der Waals surface area contributed by atoms with Gasteiger partial charge >= 0.3 is 0 Å². The highest BCUT2D eigenvalue weighted by atomic mass is 35.5. The van der Waals surface area contributed by atoms with E-state index in [4.69, 9.17) is 23.8 Å². The Morgan fingerprint density at radius 3 is 2.65 bits per heavy atom. The highest BCUT2D eigenvalue weighted by Gasteiger charge is 2.34. The molecule has 116 valence electrons. The van der Waals surface area contributed by atoms with Gasteiger partial charge in [0.15, 0.2) is 4.32 Å². The monoisotopic (exact) mass is 359 g/mol. The van der Waals surface area contributed by atoms with Crippen LogP contribution in [0.2, 0.25) is 5.02 Å². The summed E-state index contributed by atoms with van der Waals surface area (Å²) in [6.45, 7) is 3.98. The first-order chi connectivity index (χ1) is 11.0. The molecule has 0 atom stereocenters. The Morgan fingerprint density at radius 2 is 1.91 bits per heavy atom. The maximum atomic E-state index is 12.8. The molecule has 2 aromatic carbocycles. The highest BCUT2D eigenvalue weighted by molar-refractivity contribution is 8.27. The van der Waals surface area contributed by atoms with Crippen LogP contribution in [0, 0.1) is 13.8 Å². The Hall–Kier alpha value is -1.62. The number of halogens is 1. The Balaban J connectivity index is 2.01. The fourth-order valence-corrected chi connectivity index (χ4v) is 3.84. The number of carbonyl (C=O) groups excluding carboxylic acids is 1. The SMILES string of the molecule is Cc1ccc(C)c(N2C(=O)/C(=C/c3ccccc3Cl)SC2=S)c1. The molecule has 1 heterocycles. The van der Waals surface area contributed by atoms with Crippen LogP contribution in [0.5, 0.6) is 0 Å². The maximum absolute atomic E-state index is 12.8. The summed E-state index contributed by atoms with van der Waals surface area (Å²) in [5, 5.41) is 0.615. The van der Waals surface area contributed by atoms with Crippen molar-refractivity contribution in [2.45, 2.75) is 13.8 Å². The molecule has 2 nitrogen and oxygen atoms in total. The van der Waals surface area contributed by atoms with Crippen molar-refractivity contribution in [3.8, 4) is 0 Å². The van der Waals surface area contributed by atoms with Gasteiger partial charge in [0.2, 0.25) is 0 Å². The molecule has 0 aromatic heterocycles. The van der Waals surface area contributed by atoms with Gasteiger partial charge in [-0.3, -0.25) is 9.69 Å². The van der Waals surface area contributed by atoms with E-state index in [0.29, 0.717) is 14.2 Å². The molecule has 0 spiro atoms. The van der Waals surface area contributed by atoms with Gasteiger partial charge < -0.3 is 0 Å². The number of hydrogen-bond donors (Lipinski definition) is 0. The molecule has 0 aliphatic carbocycles. The molecule has 23 heavy (non-hydrogen) atoms. The van der Waals surface area contributed by atoms with E-state index in [-0.39, 0.29) is 5.91 Å². The van der Waals surface area contributed by atoms with Gasteiger partial charge in [0.25, 0.3) is 5.91 Å². The largest absolute Gasteiger partial charge is 0.270 e. The Bertz CT molecular complexity index is 845. The molecule has 3 rings (SSSR count). The van der Waals surface area contributed by atoms with Gasteiger partial charge in [-0.25, -0.2) is 0 Å². The summed E-state index contributed by atoms with van der Waals surface area (Å²) in [7, 11) is 0. The quantitative estimate of drug-likeness (QED) is 0.531. The number of benzene rings is 2. The van der Waals surface area contributed by atoms with Crippen LogP contribution in [0.4, 0.5) is 5.69 Å². The molecule has 2 aromatic rings. The molecule has 1 saturated heterocycles. The number of hydrogen-bond acceptors (Lipinski definition) is 3. The third-order valence-corrected chi connectivity index (χ3v) is 5.24. The van der Waals surface area contributed by atoms with Crippen LogP contribution >= 0.6 is 35.6 Å². The van der Waals surface area contributed by atoms with Crippen LogP contribution < -0.4 is 4.90 Å². The molecule has 1 aliphatic heterocycles. The average molecular weight is 360 g/mol. The van der Waals surface area contributed by atoms with Crippen molar-refractivity contribution in [3.05, 3.63) is 69.1 Å². The number of aryl methyl sites for hydroxylation is 2. The van der Waals surface area contributed by atoms with Crippen molar-refractivity contribution >= 4 is 57.6 Å². The summed E-state index contributed by atoms with van der Waals surface area (Å²) in [6, 6.07) is 13.4. The Kier molecular flexibility index (Phi) is 4.57. The smallest absolute Gasteiger partial charge is 0.268 e. The van der Waals surface area contributed by atoms with Gasteiger partial charge in [0.05, 0.1) is 10.6 Å². The van der Waals surface area contributed by atoms with Gasteiger partial charge in [-0.1, -0.05) is 65.9 Å². The molecule has 0 bridgehead atoms. The summed E-state index contributed by atoms with van der Waals surface area (Å²) in [6.07, 6.45) is 1.80. The Morgan fingerprint density at radius 1 is 1.17 bits per heavy atom. The molecule has 1 aliphatic rings. The third kappa shape index (κ3) is 3.20.